The summed E-state index contributed by atoms with van der Waals surface area (Å²) in [6, 6.07) is 168. The molecule has 0 N–H and O–H groups in total. The van der Waals surface area contributed by atoms with Gasteiger partial charge < -0.3 is 9.13 Å². The van der Waals surface area contributed by atoms with Crippen LogP contribution < -0.4 is 42.4 Å². The zero-order valence-corrected chi connectivity index (χ0v) is 79.8. The van der Waals surface area contributed by atoms with E-state index in [-0.39, 0.29) is 0 Å². The van der Waals surface area contributed by atoms with Crippen LogP contribution in [0.2, 0.25) is 0 Å². The molecule has 0 fully saturated rings. The van der Waals surface area contributed by atoms with Crippen molar-refractivity contribution in [1.29, 1.82) is 0 Å². The molecule has 143 heavy (non-hydrogen) atoms. The first kappa shape index (κ1) is 82.6. The Morgan fingerprint density at radius 1 is 0.196 bits per heavy atom. The van der Waals surface area contributed by atoms with E-state index in [0.717, 1.165) is 234 Å². The summed E-state index contributed by atoms with van der Waals surface area (Å²) in [5, 5.41) is 32.2. The summed E-state index contributed by atoms with van der Waals surface area (Å²) in [4.78, 5) is 15.6. The normalized spacial score (nSPS) is 13.5. The summed E-state index contributed by atoms with van der Waals surface area (Å²) in [7, 11) is -10.1. The fraction of sp³-hybridized carbons (Fsp3) is 0.00769. The Hall–Kier alpha value is -17.5. The summed E-state index contributed by atoms with van der Waals surface area (Å²) in [6.07, 6.45) is 0.780. The third kappa shape index (κ3) is 12.3. The average Bonchev–Trinajstić information content (AvgIpc) is 1.67. The number of hydrogen-bond donors (Lipinski definition) is 0. The molecule has 31 rings (SSSR count). The maximum absolute atomic E-state index is 16.6. The Kier molecular flexibility index (Phi) is 18.5. The Labute approximate surface area is 819 Å². The van der Waals surface area contributed by atoms with Gasteiger partial charge in [0.1, 0.15) is 16.9 Å². The fourth-order valence-corrected chi connectivity index (χ4v) is 32.4. The molecule has 3 unspecified atom stereocenters. The molecule has 1 aliphatic rings. The highest BCUT2D eigenvalue weighted by Crippen LogP contribution is 2.55. The summed E-state index contributed by atoms with van der Waals surface area (Å²) in [5.41, 5.74) is 19.1. The Morgan fingerprint density at radius 3 is 1.12 bits per heavy atom. The molecule has 670 valence electrons. The average molecular weight is 1880 g/mol. The Morgan fingerprint density at radius 2 is 0.538 bits per heavy atom. The van der Waals surface area contributed by atoms with E-state index in [9.17, 15) is 0 Å². The molecule has 0 spiro atoms. The molecule has 0 saturated heterocycles. The number of benzene rings is 23. The van der Waals surface area contributed by atoms with Crippen molar-refractivity contribution in [3.63, 3.8) is 0 Å². The lowest BCUT2D eigenvalue weighted by Crippen LogP contribution is -2.27. The topological polar surface area (TPSA) is 108 Å². The first-order chi connectivity index (χ1) is 70.6. The van der Waals surface area contributed by atoms with Gasteiger partial charge in [0, 0.05) is 85.5 Å². The number of rotatable bonds is 9. The van der Waals surface area contributed by atoms with E-state index in [1.165, 1.54) is 38.4 Å². The minimum absolute atomic E-state index is 0.780. The standard InChI is InChI=1S/C47H29N2OP.C42H27N2OP.C41H26N3OP/c50-51(34-24-22-30-10-1-2-12-33(30)28-34,35-25-23-32-21-20-31-11-3-4-13-36(31)41(32)29-35)45-19-9-15-39-38(45)26-27-40-37-14-5-7-17-43(37)49-44-18-8-6-16-42(44)48-47(49)46(39)40;45-46(29-12-2-1-3-13-29,40-20-10-16-32-31-14-5-4-11-28(31)25-36(32)40)30-23-21-27-22-24-34-33-15-6-8-18-38(33)44-39-19-9-7-17-37(39)43-42(44)41(34)35(27)26-30;45-46(28-12-2-1-3-13-28,44-37-19-9-5-14-31(37)32-15-6-10-20-38(32)44)29-23-25-30-27(26-29)22-24-34-33-16-4-8-18-36(33)43-39-21-11-7-17-35(39)42-41(43)40(30)34/h1-29H;1-24,26H,25H2;1-26H. The Balaban J connectivity index is 0.000000102. The van der Waals surface area contributed by atoms with Gasteiger partial charge in [-0.25, -0.2) is 15.0 Å². The van der Waals surface area contributed by atoms with Crippen molar-refractivity contribution in [2.24, 2.45) is 0 Å². The summed E-state index contributed by atoms with van der Waals surface area (Å²) < 4.78 is 57.7. The molecule has 7 aromatic heterocycles. The molecular formula is C130H82N7O3P3. The molecule has 23 aromatic carbocycles. The molecule has 3 atom stereocenters. The molecule has 0 bridgehead atoms. The van der Waals surface area contributed by atoms with Gasteiger partial charge in [-0.2, -0.15) is 0 Å². The van der Waals surface area contributed by atoms with Crippen LogP contribution >= 0.6 is 21.6 Å². The number of hydrogen-bond acceptors (Lipinski definition) is 6. The maximum Gasteiger partial charge on any atom is 0.234 e. The van der Waals surface area contributed by atoms with Gasteiger partial charge in [-0.1, -0.05) is 376 Å². The van der Waals surface area contributed by atoms with Gasteiger partial charge in [-0.15, -0.1) is 0 Å². The van der Waals surface area contributed by atoms with E-state index in [1.54, 1.807) is 0 Å². The number of aromatic nitrogens is 7. The van der Waals surface area contributed by atoms with Gasteiger partial charge in [0.25, 0.3) is 0 Å². The second-order valence-electron chi connectivity index (χ2n) is 37.7. The first-order valence-electron chi connectivity index (χ1n) is 48.6. The van der Waals surface area contributed by atoms with Gasteiger partial charge >= 0.3 is 0 Å². The van der Waals surface area contributed by atoms with Gasteiger partial charge in [0.2, 0.25) is 7.29 Å². The molecular weight excluding hydrogens is 1800 g/mol. The third-order valence-corrected chi connectivity index (χ3v) is 39.4. The van der Waals surface area contributed by atoms with E-state index < -0.39 is 21.6 Å². The monoisotopic (exact) mass is 1880 g/mol. The maximum atomic E-state index is 16.6. The number of para-hydroxylation sites is 11. The predicted molar refractivity (Wildman–Crippen MR) is 603 cm³/mol. The Bertz CT molecular complexity index is 10900. The van der Waals surface area contributed by atoms with E-state index in [1.807, 2.05) is 97.1 Å². The third-order valence-electron chi connectivity index (χ3n) is 30.2. The van der Waals surface area contributed by atoms with Crippen LogP contribution in [0.25, 0.3) is 213 Å². The quantitative estimate of drug-likeness (QED) is 0.105. The fourth-order valence-electron chi connectivity index (χ4n) is 23.7. The number of imidazole rings is 3. The van der Waals surface area contributed by atoms with Crippen molar-refractivity contribution in [3.05, 3.63) is 496 Å². The van der Waals surface area contributed by atoms with Gasteiger partial charge in [0.05, 0.1) is 60.7 Å². The van der Waals surface area contributed by atoms with Crippen molar-refractivity contribution < 1.29 is 13.7 Å². The lowest BCUT2D eigenvalue weighted by Gasteiger charge is -2.24. The molecule has 0 amide bonds. The van der Waals surface area contributed by atoms with Crippen LogP contribution in [0.1, 0.15) is 11.1 Å². The smallest absolute Gasteiger partial charge is 0.234 e. The second-order valence-corrected chi connectivity index (χ2v) is 45.7. The number of nitrogens with zero attached hydrogens (tertiary/aromatic N) is 7. The van der Waals surface area contributed by atoms with E-state index in [4.69, 9.17) is 15.0 Å². The van der Waals surface area contributed by atoms with Crippen LogP contribution in [0.5, 0.6) is 0 Å². The van der Waals surface area contributed by atoms with Crippen molar-refractivity contribution in [2.75, 3.05) is 0 Å². The van der Waals surface area contributed by atoms with Crippen molar-refractivity contribution in [1.82, 2.24) is 32.5 Å². The molecule has 13 heteroatoms. The van der Waals surface area contributed by atoms with Crippen LogP contribution in [0.4, 0.5) is 0 Å². The lowest BCUT2D eigenvalue weighted by molar-refractivity contribution is 0.583. The van der Waals surface area contributed by atoms with Gasteiger partial charge in [-0.05, 0) is 219 Å². The van der Waals surface area contributed by atoms with Crippen LogP contribution in [-0.4, -0.2) is 32.5 Å². The molecule has 10 nitrogen and oxygen atoms in total. The molecule has 7 heterocycles. The molecule has 1 aliphatic carbocycles. The molecule has 0 radical (unpaired) electrons. The zero-order chi connectivity index (χ0) is 94.5. The van der Waals surface area contributed by atoms with E-state index in [0.29, 0.717) is 0 Å². The summed E-state index contributed by atoms with van der Waals surface area (Å²) in [5.74, 6) is 0. The summed E-state index contributed by atoms with van der Waals surface area (Å²) in [6.45, 7) is 0. The first-order valence-corrected chi connectivity index (χ1v) is 53.6. The number of pyridine rings is 3. The van der Waals surface area contributed by atoms with Crippen molar-refractivity contribution in [3.8, 4) is 11.1 Å². The van der Waals surface area contributed by atoms with Crippen LogP contribution in [0.15, 0.2) is 485 Å². The second kappa shape index (κ2) is 32.0. The van der Waals surface area contributed by atoms with E-state index >= 15 is 13.7 Å². The summed E-state index contributed by atoms with van der Waals surface area (Å²) >= 11 is 0. The SMILES string of the molecule is O=P(c1ccc2ccccc2c1)(c1ccc2ccc3ccccc3c2c1)c1cccc2c1ccc1c3ccccc3n3c4ccccc4nc3c21.O=P(c1ccccc1)(c1ccc2c(ccc3c4ccccc4n4c5ccccc5nc4c23)c1)n1c2ccccc2c2ccccc21.O=P(c1ccccc1)(c1ccc2ccc3c4ccccc4n4c5ccccc5nc4c3c2c1)c1cccc2c1Cc1ccccc1-2. The lowest BCUT2D eigenvalue weighted by atomic mass is 9.99. The highest BCUT2D eigenvalue weighted by Gasteiger charge is 2.39. The van der Waals surface area contributed by atoms with Crippen molar-refractivity contribution in [2.45, 2.75) is 6.42 Å². The van der Waals surface area contributed by atoms with Crippen LogP contribution in [0.3, 0.4) is 0 Å². The molecule has 30 aromatic rings. The van der Waals surface area contributed by atoms with Crippen molar-refractivity contribution >= 4 is 266 Å². The predicted octanol–water partition coefficient (Wildman–Crippen LogP) is 30.0. The zero-order valence-electron chi connectivity index (χ0n) is 77.1. The van der Waals surface area contributed by atoms with Gasteiger partial charge in [-0.3, -0.25) is 22.1 Å². The van der Waals surface area contributed by atoms with Crippen LogP contribution in [-0.2, 0) is 20.1 Å². The minimum Gasteiger partial charge on any atom is -0.309 e. The van der Waals surface area contributed by atoms with Gasteiger partial charge in [0.15, 0.2) is 14.3 Å². The van der Waals surface area contributed by atoms with E-state index in [2.05, 4.69) is 406 Å². The number of fused-ring (bicyclic) bond motifs is 40. The molecule has 0 aliphatic heterocycles. The minimum atomic E-state index is -3.45. The largest absolute Gasteiger partial charge is 0.309 e. The highest BCUT2D eigenvalue weighted by atomic mass is 31.2. The van der Waals surface area contributed by atoms with Crippen LogP contribution in [0, 0.1) is 0 Å². The molecule has 0 saturated carbocycles. The highest BCUT2D eigenvalue weighted by molar-refractivity contribution is 7.86.